The minimum Gasteiger partial charge on any atom is -0.326 e. The van der Waals surface area contributed by atoms with E-state index < -0.39 is 4.92 Å². The fourth-order valence-corrected chi connectivity index (χ4v) is 2.90. The summed E-state index contributed by atoms with van der Waals surface area (Å²) in [5, 5.41) is 13.3. The molecule has 0 heterocycles. The number of nitro benzene ring substituents is 1. The van der Waals surface area contributed by atoms with E-state index in [1.807, 2.05) is 0 Å². The molecule has 2 aromatic carbocycles. The van der Waals surface area contributed by atoms with Crippen LogP contribution in [-0.2, 0) is 4.79 Å². The molecular formula is C17H18N2O3S. The van der Waals surface area contributed by atoms with Crippen LogP contribution < -0.4 is 5.32 Å². The minimum atomic E-state index is -0.466. The molecule has 120 valence electrons. The fourth-order valence-electron chi connectivity index (χ4n) is 1.96. The maximum atomic E-state index is 11.9. The monoisotopic (exact) mass is 330 g/mol. The second-order valence-corrected chi connectivity index (χ2v) is 6.37. The van der Waals surface area contributed by atoms with Gasteiger partial charge in [0.2, 0.25) is 5.91 Å². The van der Waals surface area contributed by atoms with Crippen molar-refractivity contribution < 1.29 is 9.72 Å². The van der Waals surface area contributed by atoms with Crippen molar-refractivity contribution in [2.75, 3.05) is 11.1 Å². The van der Waals surface area contributed by atoms with E-state index in [0.717, 1.165) is 4.90 Å². The highest BCUT2D eigenvalue weighted by molar-refractivity contribution is 7.99. The van der Waals surface area contributed by atoms with Gasteiger partial charge < -0.3 is 5.32 Å². The number of hydrogen-bond donors (Lipinski definition) is 1. The number of aryl methyl sites for hydroxylation is 2. The van der Waals surface area contributed by atoms with Crippen LogP contribution in [0.25, 0.3) is 0 Å². The first-order chi connectivity index (χ1) is 11.0. The number of carbonyl (C=O) groups is 1. The number of amides is 1. The molecule has 0 atom stereocenters. The van der Waals surface area contributed by atoms with Crippen LogP contribution in [0.3, 0.4) is 0 Å². The molecule has 23 heavy (non-hydrogen) atoms. The van der Waals surface area contributed by atoms with Crippen molar-refractivity contribution >= 4 is 29.0 Å². The normalized spacial score (nSPS) is 10.3. The summed E-state index contributed by atoms with van der Waals surface area (Å²) >= 11 is 1.64. The Morgan fingerprint density at radius 3 is 2.43 bits per heavy atom. The number of thioether (sulfide) groups is 1. The number of nitrogens with zero attached hydrogens (tertiary/aromatic N) is 1. The first-order valence-corrected chi connectivity index (χ1v) is 8.18. The van der Waals surface area contributed by atoms with Crippen LogP contribution in [-0.4, -0.2) is 16.6 Å². The van der Waals surface area contributed by atoms with Crippen LogP contribution in [0, 0.1) is 24.0 Å². The first kappa shape index (κ1) is 17.0. The van der Waals surface area contributed by atoms with Gasteiger partial charge in [-0.1, -0.05) is 6.07 Å². The van der Waals surface area contributed by atoms with Gasteiger partial charge in [0.25, 0.3) is 5.69 Å². The number of carbonyl (C=O) groups excluding carboxylic acids is 1. The molecule has 0 unspecified atom stereocenters. The first-order valence-electron chi connectivity index (χ1n) is 7.20. The van der Waals surface area contributed by atoms with Crippen molar-refractivity contribution in [3.8, 4) is 0 Å². The molecule has 1 amide bonds. The van der Waals surface area contributed by atoms with E-state index in [-0.39, 0.29) is 11.6 Å². The van der Waals surface area contributed by atoms with Gasteiger partial charge in [0.15, 0.2) is 0 Å². The van der Waals surface area contributed by atoms with Crippen LogP contribution in [0.1, 0.15) is 17.5 Å². The lowest BCUT2D eigenvalue weighted by atomic mass is 10.1. The van der Waals surface area contributed by atoms with E-state index in [1.54, 1.807) is 11.8 Å². The van der Waals surface area contributed by atoms with E-state index in [4.69, 9.17) is 0 Å². The Morgan fingerprint density at radius 1 is 1.13 bits per heavy atom. The van der Waals surface area contributed by atoms with Gasteiger partial charge in [0.1, 0.15) is 0 Å². The molecule has 0 radical (unpaired) electrons. The van der Waals surface area contributed by atoms with Crippen molar-refractivity contribution in [2.24, 2.45) is 0 Å². The van der Waals surface area contributed by atoms with E-state index in [9.17, 15) is 14.9 Å². The zero-order chi connectivity index (χ0) is 16.8. The number of rotatable bonds is 6. The molecule has 5 nitrogen and oxygen atoms in total. The van der Waals surface area contributed by atoms with E-state index >= 15 is 0 Å². The zero-order valence-corrected chi connectivity index (χ0v) is 13.9. The number of benzene rings is 2. The molecule has 0 aliphatic carbocycles. The average molecular weight is 330 g/mol. The SMILES string of the molecule is Cc1ccc(SCCC(=O)Nc2ccc([N+](=O)[O-])cc2)cc1C. The third kappa shape index (κ3) is 5.10. The third-order valence-corrected chi connectivity index (χ3v) is 4.43. The van der Waals surface area contributed by atoms with Gasteiger partial charge in [-0.05, 0) is 49.2 Å². The summed E-state index contributed by atoms with van der Waals surface area (Å²) in [6.45, 7) is 4.14. The van der Waals surface area contributed by atoms with Gasteiger partial charge in [-0.3, -0.25) is 14.9 Å². The Morgan fingerprint density at radius 2 is 1.83 bits per heavy atom. The minimum absolute atomic E-state index is 0.00768. The Labute approximate surface area is 139 Å². The van der Waals surface area contributed by atoms with Crippen molar-refractivity contribution in [3.63, 3.8) is 0 Å². The Bertz CT molecular complexity index is 714. The molecule has 0 saturated carbocycles. The highest BCUT2D eigenvalue weighted by Gasteiger charge is 2.07. The quantitative estimate of drug-likeness (QED) is 0.486. The fraction of sp³-hybridized carbons (Fsp3) is 0.235. The van der Waals surface area contributed by atoms with Crippen molar-refractivity contribution in [1.82, 2.24) is 0 Å². The standard InChI is InChI=1S/C17H18N2O3S/c1-12-3-8-16(11-13(12)2)23-10-9-17(20)18-14-4-6-15(7-5-14)19(21)22/h3-8,11H,9-10H2,1-2H3,(H,18,20). The van der Waals surface area contributed by atoms with Crippen molar-refractivity contribution in [1.29, 1.82) is 0 Å². The van der Waals surface area contributed by atoms with Crippen LogP contribution in [0.4, 0.5) is 11.4 Å². The molecule has 0 aliphatic heterocycles. The Hall–Kier alpha value is -2.34. The third-order valence-electron chi connectivity index (χ3n) is 3.44. The van der Waals surface area contributed by atoms with E-state index in [1.165, 1.54) is 35.4 Å². The van der Waals surface area contributed by atoms with Crippen molar-refractivity contribution in [2.45, 2.75) is 25.2 Å². The summed E-state index contributed by atoms with van der Waals surface area (Å²) in [6, 6.07) is 12.1. The Kier molecular flexibility index (Phi) is 5.76. The van der Waals surface area contributed by atoms with Gasteiger partial charge >= 0.3 is 0 Å². The summed E-state index contributed by atoms with van der Waals surface area (Å²) in [6.07, 6.45) is 0.384. The average Bonchev–Trinajstić information content (AvgIpc) is 2.51. The lowest BCUT2D eigenvalue weighted by molar-refractivity contribution is -0.384. The molecule has 2 rings (SSSR count). The van der Waals surface area contributed by atoms with Gasteiger partial charge in [0.05, 0.1) is 4.92 Å². The molecule has 2 aromatic rings. The summed E-state index contributed by atoms with van der Waals surface area (Å²) in [5.41, 5.74) is 3.07. The molecule has 6 heteroatoms. The molecule has 1 N–H and O–H groups in total. The van der Waals surface area contributed by atoms with Gasteiger partial charge in [-0.25, -0.2) is 0 Å². The van der Waals surface area contributed by atoms with Crippen molar-refractivity contribution in [3.05, 3.63) is 63.7 Å². The number of nitrogens with one attached hydrogen (secondary N) is 1. The highest BCUT2D eigenvalue weighted by Crippen LogP contribution is 2.22. The molecule has 0 bridgehead atoms. The van der Waals surface area contributed by atoms with E-state index in [2.05, 4.69) is 37.4 Å². The predicted molar refractivity (Wildman–Crippen MR) is 93.0 cm³/mol. The summed E-state index contributed by atoms with van der Waals surface area (Å²) in [4.78, 5) is 23.1. The number of non-ortho nitro benzene ring substituents is 1. The van der Waals surface area contributed by atoms with Crippen LogP contribution >= 0.6 is 11.8 Å². The van der Waals surface area contributed by atoms with Crippen LogP contribution in [0.15, 0.2) is 47.4 Å². The van der Waals surface area contributed by atoms with Crippen LogP contribution in [0.5, 0.6) is 0 Å². The largest absolute Gasteiger partial charge is 0.326 e. The highest BCUT2D eigenvalue weighted by atomic mass is 32.2. The molecule has 0 aliphatic rings. The van der Waals surface area contributed by atoms with Gasteiger partial charge in [0, 0.05) is 34.9 Å². The number of anilines is 1. The number of hydrogen-bond acceptors (Lipinski definition) is 4. The lowest BCUT2D eigenvalue weighted by Crippen LogP contribution is -2.12. The zero-order valence-electron chi connectivity index (χ0n) is 13.0. The summed E-state index contributed by atoms with van der Waals surface area (Å²) in [5.74, 6) is 0.580. The predicted octanol–water partition coefficient (Wildman–Crippen LogP) is 4.33. The topological polar surface area (TPSA) is 72.2 Å². The second kappa shape index (κ2) is 7.78. The summed E-state index contributed by atoms with van der Waals surface area (Å²) < 4.78 is 0. The van der Waals surface area contributed by atoms with Gasteiger partial charge in [-0.15, -0.1) is 11.8 Å². The van der Waals surface area contributed by atoms with Gasteiger partial charge in [-0.2, -0.15) is 0 Å². The number of nitro groups is 1. The Balaban J connectivity index is 1.80. The lowest BCUT2D eigenvalue weighted by Gasteiger charge is -2.06. The van der Waals surface area contributed by atoms with Crippen LogP contribution in [0.2, 0.25) is 0 Å². The maximum absolute atomic E-state index is 11.9. The maximum Gasteiger partial charge on any atom is 0.269 e. The molecule has 0 fully saturated rings. The molecule has 0 aromatic heterocycles. The second-order valence-electron chi connectivity index (χ2n) is 5.20. The summed E-state index contributed by atoms with van der Waals surface area (Å²) in [7, 11) is 0. The van der Waals surface area contributed by atoms with E-state index in [0.29, 0.717) is 17.9 Å². The molecule has 0 spiro atoms. The smallest absolute Gasteiger partial charge is 0.269 e. The molecule has 0 saturated heterocycles. The molecular weight excluding hydrogens is 312 g/mol.